The van der Waals surface area contributed by atoms with Gasteiger partial charge in [0.25, 0.3) is 0 Å². The first-order valence-corrected chi connectivity index (χ1v) is 11.0. The van der Waals surface area contributed by atoms with Gasteiger partial charge in [-0.05, 0) is 56.0 Å². The summed E-state index contributed by atoms with van der Waals surface area (Å²) in [5.74, 6) is 0.0394. The third-order valence-electron chi connectivity index (χ3n) is 5.12. The second kappa shape index (κ2) is 8.80. The number of benzene rings is 2. The number of aryl methyl sites for hydroxylation is 1. The van der Waals surface area contributed by atoms with Crippen LogP contribution in [0.15, 0.2) is 54.6 Å². The molecule has 0 aliphatic carbocycles. The average Bonchev–Trinajstić information content (AvgIpc) is 3.16. The monoisotopic (exact) mass is 372 g/mol. The quantitative estimate of drug-likeness (QED) is 0.775. The Morgan fingerprint density at radius 3 is 2.35 bits per heavy atom. The van der Waals surface area contributed by atoms with Crippen LogP contribution in [-0.4, -0.2) is 39.0 Å². The number of rotatable bonds is 8. The molecule has 1 N–H and O–H groups in total. The van der Waals surface area contributed by atoms with E-state index in [4.69, 9.17) is 0 Å². The second-order valence-electron chi connectivity index (χ2n) is 7.12. The second-order valence-corrected chi connectivity index (χ2v) is 8.93. The molecule has 3 rings (SSSR count). The lowest BCUT2D eigenvalue weighted by molar-refractivity contribution is 0.241. The maximum Gasteiger partial charge on any atom is 0.215 e. The van der Waals surface area contributed by atoms with Gasteiger partial charge in [-0.15, -0.1) is 0 Å². The molecule has 140 valence electrons. The van der Waals surface area contributed by atoms with Crippen molar-refractivity contribution >= 4 is 10.0 Å². The minimum absolute atomic E-state index is 0.0394. The molecular formula is C21H28N2O2S. The number of nitrogens with zero attached hydrogens (tertiary/aromatic N) is 1. The Morgan fingerprint density at radius 1 is 1.00 bits per heavy atom. The molecule has 0 aromatic heterocycles. The van der Waals surface area contributed by atoms with Crippen LogP contribution >= 0.6 is 0 Å². The molecule has 5 heteroatoms. The van der Waals surface area contributed by atoms with Gasteiger partial charge in [-0.1, -0.05) is 54.6 Å². The SMILES string of the molecule is Cc1ccccc1CS(=O)(=O)NCC(Cc1ccccc1)N1CCCC1. The fourth-order valence-corrected chi connectivity index (χ4v) is 4.86. The normalized spacial score (nSPS) is 16.7. The van der Waals surface area contributed by atoms with Crippen LogP contribution in [0.1, 0.15) is 29.5 Å². The van der Waals surface area contributed by atoms with Crippen molar-refractivity contribution < 1.29 is 8.42 Å². The van der Waals surface area contributed by atoms with Gasteiger partial charge in [0, 0.05) is 12.6 Å². The van der Waals surface area contributed by atoms with Crippen LogP contribution in [0.2, 0.25) is 0 Å². The first-order chi connectivity index (χ1) is 12.5. The van der Waals surface area contributed by atoms with E-state index in [-0.39, 0.29) is 11.8 Å². The molecule has 0 radical (unpaired) electrons. The molecule has 1 atom stereocenters. The van der Waals surface area contributed by atoms with Crippen molar-refractivity contribution in [3.63, 3.8) is 0 Å². The van der Waals surface area contributed by atoms with Crippen LogP contribution in [0.3, 0.4) is 0 Å². The Hall–Kier alpha value is -1.69. The summed E-state index contributed by atoms with van der Waals surface area (Å²) in [5.41, 5.74) is 3.13. The lowest BCUT2D eigenvalue weighted by Gasteiger charge is -2.28. The van der Waals surface area contributed by atoms with Gasteiger partial charge in [-0.3, -0.25) is 4.90 Å². The van der Waals surface area contributed by atoms with Gasteiger partial charge in [0.05, 0.1) is 5.75 Å². The molecule has 1 heterocycles. The van der Waals surface area contributed by atoms with Crippen LogP contribution in [0.25, 0.3) is 0 Å². The third-order valence-corrected chi connectivity index (χ3v) is 6.41. The van der Waals surface area contributed by atoms with Crippen molar-refractivity contribution in [2.24, 2.45) is 0 Å². The number of likely N-dealkylation sites (tertiary alicyclic amines) is 1. The van der Waals surface area contributed by atoms with E-state index in [1.54, 1.807) is 0 Å². The summed E-state index contributed by atoms with van der Waals surface area (Å²) in [6, 6.07) is 18.2. The maximum absolute atomic E-state index is 12.6. The van der Waals surface area contributed by atoms with Gasteiger partial charge in [0.15, 0.2) is 0 Å². The summed E-state index contributed by atoms with van der Waals surface area (Å²) in [7, 11) is -3.35. The standard InChI is InChI=1S/C21H28N2O2S/c1-18-9-5-6-12-20(18)17-26(24,25)22-16-21(23-13-7-8-14-23)15-19-10-3-2-4-11-19/h2-6,9-12,21-22H,7-8,13-17H2,1H3. The van der Waals surface area contributed by atoms with Crippen molar-refractivity contribution in [2.75, 3.05) is 19.6 Å². The maximum atomic E-state index is 12.6. The predicted molar refractivity (Wildman–Crippen MR) is 107 cm³/mol. The molecule has 1 unspecified atom stereocenters. The topological polar surface area (TPSA) is 49.4 Å². The lowest BCUT2D eigenvalue weighted by atomic mass is 10.1. The fourth-order valence-electron chi connectivity index (χ4n) is 3.57. The molecule has 1 aliphatic rings. The van der Waals surface area contributed by atoms with E-state index in [9.17, 15) is 8.42 Å². The number of nitrogens with one attached hydrogen (secondary N) is 1. The third kappa shape index (κ3) is 5.40. The largest absolute Gasteiger partial charge is 0.299 e. The smallest absolute Gasteiger partial charge is 0.215 e. The molecule has 0 spiro atoms. The molecule has 2 aromatic rings. The highest BCUT2D eigenvalue weighted by Gasteiger charge is 2.24. The fraction of sp³-hybridized carbons (Fsp3) is 0.429. The zero-order valence-electron chi connectivity index (χ0n) is 15.4. The summed E-state index contributed by atoms with van der Waals surface area (Å²) < 4.78 is 28.1. The molecule has 0 amide bonds. The van der Waals surface area contributed by atoms with E-state index in [1.807, 2.05) is 49.4 Å². The molecule has 0 saturated carbocycles. The van der Waals surface area contributed by atoms with E-state index in [2.05, 4.69) is 21.8 Å². The van der Waals surface area contributed by atoms with Crippen LogP contribution in [0.4, 0.5) is 0 Å². The van der Waals surface area contributed by atoms with Gasteiger partial charge in [-0.2, -0.15) is 0 Å². The molecule has 26 heavy (non-hydrogen) atoms. The van der Waals surface area contributed by atoms with Gasteiger partial charge >= 0.3 is 0 Å². The van der Waals surface area contributed by atoms with Crippen LogP contribution in [0, 0.1) is 6.92 Å². The van der Waals surface area contributed by atoms with Crippen molar-refractivity contribution in [3.8, 4) is 0 Å². The van der Waals surface area contributed by atoms with E-state index in [1.165, 1.54) is 18.4 Å². The Labute approximate surface area is 157 Å². The summed E-state index contributed by atoms with van der Waals surface area (Å²) in [6.45, 7) is 4.52. The molecular weight excluding hydrogens is 344 g/mol. The zero-order valence-corrected chi connectivity index (χ0v) is 16.2. The molecule has 2 aromatic carbocycles. The van der Waals surface area contributed by atoms with Crippen molar-refractivity contribution in [1.29, 1.82) is 0 Å². The minimum atomic E-state index is -3.35. The first-order valence-electron chi connectivity index (χ1n) is 9.33. The van der Waals surface area contributed by atoms with E-state index < -0.39 is 10.0 Å². The van der Waals surface area contributed by atoms with Crippen LogP contribution in [0.5, 0.6) is 0 Å². The van der Waals surface area contributed by atoms with Crippen LogP contribution in [-0.2, 0) is 22.2 Å². The summed E-state index contributed by atoms with van der Waals surface area (Å²) in [4.78, 5) is 2.42. The Morgan fingerprint density at radius 2 is 1.65 bits per heavy atom. The Bertz CT molecular complexity index is 800. The van der Waals surface area contributed by atoms with E-state index in [0.717, 1.165) is 30.6 Å². The molecule has 1 saturated heterocycles. The Balaban J connectivity index is 1.65. The van der Waals surface area contributed by atoms with Crippen LogP contribution < -0.4 is 4.72 Å². The molecule has 1 aliphatic heterocycles. The number of hydrogen-bond acceptors (Lipinski definition) is 3. The van der Waals surface area contributed by atoms with Gasteiger partial charge in [-0.25, -0.2) is 13.1 Å². The summed E-state index contributed by atoms with van der Waals surface area (Å²) in [5, 5.41) is 0. The number of hydrogen-bond donors (Lipinski definition) is 1. The van der Waals surface area contributed by atoms with Gasteiger partial charge in [0.1, 0.15) is 0 Å². The number of sulfonamides is 1. The summed E-state index contributed by atoms with van der Waals surface area (Å²) >= 11 is 0. The van der Waals surface area contributed by atoms with Gasteiger partial charge < -0.3 is 0 Å². The van der Waals surface area contributed by atoms with Crippen molar-refractivity contribution in [3.05, 3.63) is 71.3 Å². The first kappa shape index (κ1) is 19.1. The minimum Gasteiger partial charge on any atom is -0.299 e. The van der Waals surface area contributed by atoms with Gasteiger partial charge in [0.2, 0.25) is 10.0 Å². The summed E-state index contributed by atoms with van der Waals surface area (Å²) in [6.07, 6.45) is 3.26. The highest BCUT2D eigenvalue weighted by molar-refractivity contribution is 7.88. The predicted octanol–water partition coefficient (Wildman–Crippen LogP) is 3.12. The van der Waals surface area contributed by atoms with Crippen molar-refractivity contribution in [2.45, 2.75) is 38.0 Å². The average molecular weight is 373 g/mol. The molecule has 0 bridgehead atoms. The Kier molecular flexibility index (Phi) is 6.46. The highest BCUT2D eigenvalue weighted by Crippen LogP contribution is 2.16. The van der Waals surface area contributed by atoms with E-state index in [0.29, 0.717) is 6.54 Å². The molecule has 4 nitrogen and oxygen atoms in total. The zero-order chi connectivity index (χ0) is 18.4. The van der Waals surface area contributed by atoms with E-state index >= 15 is 0 Å². The highest BCUT2D eigenvalue weighted by atomic mass is 32.2. The molecule has 1 fully saturated rings. The lowest BCUT2D eigenvalue weighted by Crippen LogP contribution is -2.44. The van der Waals surface area contributed by atoms with Crippen molar-refractivity contribution in [1.82, 2.24) is 9.62 Å².